The number of pyridine rings is 3. The van der Waals surface area contributed by atoms with Crippen LogP contribution in [0.25, 0.3) is 44.9 Å². The molecule has 4 aliphatic heterocycles. The summed E-state index contributed by atoms with van der Waals surface area (Å²) in [6, 6.07) is 40.1. The molecule has 3 heteroatoms. The molecule has 3 nitrogen and oxygen atoms in total. The minimum atomic E-state index is -2.53. The number of aryl methyl sites for hydroxylation is 7. The third-order valence-electron chi connectivity index (χ3n) is 17.2. The van der Waals surface area contributed by atoms with Crippen molar-refractivity contribution in [3.05, 3.63) is 185 Å². The zero-order valence-corrected chi connectivity index (χ0v) is 42.4. The molecular weight excluding hydrogens is 871 g/mol. The van der Waals surface area contributed by atoms with Gasteiger partial charge in [-0.05, 0) is 238 Å². The van der Waals surface area contributed by atoms with Gasteiger partial charge in [-0.15, -0.1) is 0 Å². The minimum absolute atomic E-state index is 0.00210. The molecule has 0 N–H and O–H groups in total. The number of hydrogen-bond donors (Lipinski definition) is 0. The minimum Gasteiger partial charge on any atom is -0.256 e. The van der Waals surface area contributed by atoms with Crippen molar-refractivity contribution in [3.63, 3.8) is 0 Å². The highest BCUT2D eigenvalue weighted by atomic mass is 14.7. The standard InChI is InChI=1S/C69H77N3/c1-48-7-19-59(20-8-48)63-38-66(70-42-50(63)3)62-25-15-53(16-26-62)31-34-69-41-58-39-67(46-69)32-29-51-11-21-60(22-12-51)64-27-17-54(43-71-64)5-4-6-56-35-49(2)36-57(37-56)10-9-55-18-28-65(72-44-55)61-23-13-52(14-24-61)30-33-68(40-58,45-67)47-69/h7-8,11-28,38,42-44,49,56-58H,4-6,9-10,29-37,39-41,45-47H2,1-3H3/i4D2,10D2,29D2,31D2,32D2,34D2. The summed E-state index contributed by atoms with van der Waals surface area (Å²) >= 11 is 0. The van der Waals surface area contributed by atoms with Gasteiger partial charge < -0.3 is 0 Å². The molecule has 7 unspecified atom stereocenters. The van der Waals surface area contributed by atoms with Gasteiger partial charge in [-0.1, -0.05) is 128 Å². The van der Waals surface area contributed by atoms with Gasteiger partial charge in [0.1, 0.15) is 0 Å². The molecule has 0 saturated heterocycles. The van der Waals surface area contributed by atoms with E-state index in [0.717, 1.165) is 80.7 Å². The lowest BCUT2D eigenvalue weighted by molar-refractivity contribution is -0.166. The predicted molar refractivity (Wildman–Crippen MR) is 299 cm³/mol. The van der Waals surface area contributed by atoms with E-state index in [2.05, 4.69) is 50.2 Å². The quantitative estimate of drug-likeness (QED) is 0.173. The molecule has 72 heavy (non-hydrogen) atoms. The fourth-order valence-corrected chi connectivity index (χ4v) is 14.2. The highest BCUT2D eigenvalue weighted by Gasteiger charge is 2.62. The van der Waals surface area contributed by atoms with Crippen LogP contribution < -0.4 is 0 Å². The van der Waals surface area contributed by atoms with E-state index < -0.39 is 54.5 Å². The van der Waals surface area contributed by atoms with Crippen LogP contribution in [0, 0.1) is 53.8 Å². The highest BCUT2D eigenvalue weighted by Crippen LogP contribution is 2.73. The third-order valence-corrected chi connectivity index (χ3v) is 17.2. The van der Waals surface area contributed by atoms with Gasteiger partial charge >= 0.3 is 0 Å². The van der Waals surface area contributed by atoms with Crippen LogP contribution in [0.5, 0.6) is 0 Å². The Morgan fingerprint density at radius 1 is 0.556 bits per heavy atom. The summed E-state index contributed by atoms with van der Waals surface area (Å²) in [5, 5.41) is 0. The number of hydrogen-bond acceptors (Lipinski definition) is 3. The lowest BCUT2D eigenvalue weighted by atomic mass is 9.37. The second-order valence-electron chi connectivity index (χ2n) is 23.2. The molecule has 2 spiro atoms. The molecule has 368 valence electrons. The molecule has 3 aromatic heterocycles. The summed E-state index contributed by atoms with van der Waals surface area (Å²) in [6.45, 7) is 6.24. The van der Waals surface area contributed by atoms with Crippen LogP contribution in [0.15, 0.2) is 146 Å². The van der Waals surface area contributed by atoms with E-state index in [0.29, 0.717) is 62.6 Å². The fraction of sp³-hybridized carbons (Fsp3) is 0.435. The van der Waals surface area contributed by atoms with Crippen LogP contribution in [0.1, 0.15) is 158 Å². The molecular formula is C69H77N3. The van der Waals surface area contributed by atoms with Crippen LogP contribution >= 0.6 is 0 Å². The first-order valence-electron chi connectivity index (χ1n) is 32.9. The van der Waals surface area contributed by atoms with Crippen molar-refractivity contribution in [1.29, 1.82) is 0 Å². The Balaban J connectivity index is 0.892. The van der Waals surface area contributed by atoms with Crippen molar-refractivity contribution in [2.24, 2.45) is 39.9 Å². The van der Waals surface area contributed by atoms with Gasteiger partial charge in [-0.3, -0.25) is 15.0 Å². The Morgan fingerprint density at radius 3 is 1.89 bits per heavy atom. The second kappa shape index (κ2) is 20.0. The van der Waals surface area contributed by atoms with Gasteiger partial charge in [0.25, 0.3) is 0 Å². The summed E-state index contributed by atoms with van der Waals surface area (Å²) in [5.41, 5.74) is 8.47. The Morgan fingerprint density at radius 2 is 1.17 bits per heavy atom. The Bertz CT molecular complexity index is 3530. The van der Waals surface area contributed by atoms with Gasteiger partial charge in [0.05, 0.1) is 17.1 Å². The highest BCUT2D eigenvalue weighted by molar-refractivity contribution is 5.73. The molecule has 7 heterocycles. The second-order valence-corrected chi connectivity index (χ2v) is 23.2. The van der Waals surface area contributed by atoms with Gasteiger partial charge in [0.2, 0.25) is 0 Å². The molecule has 7 aromatic rings. The van der Waals surface area contributed by atoms with Crippen molar-refractivity contribution in [2.75, 3.05) is 0 Å². The molecule has 14 bridgehead atoms. The molecule has 0 amide bonds. The van der Waals surface area contributed by atoms with Crippen LogP contribution in [-0.2, 0) is 32.0 Å². The predicted octanol–water partition coefficient (Wildman–Crippen LogP) is 17.6. The molecule has 5 saturated carbocycles. The maximum Gasteiger partial charge on any atom is 0.0708 e. The Hall–Kier alpha value is -5.67. The van der Waals surface area contributed by atoms with E-state index in [-0.39, 0.29) is 54.1 Å². The van der Waals surface area contributed by atoms with Gasteiger partial charge in [-0.2, -0.15) is 0 Å². The van der Waals surface area contributed by atoms with E-state index >= 15 is 0 Å². The number of rotatable bonds is 5. The molecule has 19 rings (SSSR count). The Labute approximate surface area is 448 Å². The summed E-state index contributed by atoms with van der Waals surface area (Å²) < 4.78 is 118. The normalized spacial score (nSPS) is 32.9. The van der Waals surface area contributed by atoms with Crippen LogP contribution in [-0.4, -0.2) is 15.0 Å². The van der Waals surface area contributed by atoms with E-state index in [1.165, 1.54) is 0 Å². The topological polar surface area (TPSA) is 38.7 Å². The van der Waals surface area contributed by atoms with E-state index in [4.69, 9.17) is 17.7 Å². The first-order valence-corrected chi connectivity index (χ1v) is 26.9. The smallest absolute Gasteiger partial charge is 0.0708 e. The average Bonchev–Trinajstić information content (AvgIpc) is 1.56. The van der Waals surface area contributed by atoms with Crippen molar-refractivity contribution in [2.45, 2.75) is 149 Å². The van der Waals surface area contributed by atoms with Crippen molar-refractivity contribution in [3.8, 4) is 44.9 Å². The maximum atomic E-state index is 10.3. The van der Waals surface area contributed by atoms with E-state index in [1.807, 2.05) is 67.7 Å². The average molecular weight is 960 g/mol. The zero-order valence-electron chi connectivity index (χ0n) is 54.4. The van der Waals surface area contributed by atoms with Gasteiger partial charge in [0, 0.05) is 51.7 Å². The summed E-state index contributed by atoms with van der Waals surface area (Å²) in [4.78, 5) is 14.3. The van der Waals surface area contributed by atoms with Crippen LogP contribution in [0.4, 0.5) is 0 Å². The summed E-state index contributed by atoms with van der Waals surface area (Å²) in [7, 11) is 0. The van der Waals surface area contributed by atoms with Crippen molar-refractivity contribution in [1.82, 2.24) is 15.0 Å². The molecule has 12 aliphatic rings. The SMILES string of the molecule is [2H]C1([2H])Cc2ccc(nc2)-c2ccc(cc2)C([2H])([2H])C([2H])([2H])C23CC4CC(CCc5ccc(cc5)-c5ccc(cn5)CC([2H])([2H])C5CC(C)CC(C5)C1)(C2)CC(C([2H])([2H])C([2H])([2H])c1ccc(-c2cc(-c5ccc(C)cc5)c(C)cn2)cc1)(C4)C3. The number of nitrogens with zero attached hydrogens (tertiary/aromatic N) is 3. The van der Waals surface area contributed by atoms with E-state index in [1.54, 1.807) is 48.8 Å². The summed E-state index contributed by atoms with van der Waals surface area (Å²) in [6.07, 6.45) is -1.45. The zero-order chi connectivity index (χ0) is 59.5. The molecule has 8 aliphatic carbocycles. The van der Waals surface area contributed by atoms with E-state index in [9.17, 15) is 13.7 Å². The first kappa shape index (κ1) is 35.5. The maximum absolute atomic E-state index is 10.3. The van der Waals surface area contributed by atoms with Crippen LogP contribution in [0.2, 0.25) is 0 Å². The largest absolute Gasteiger partial charge is 0.256 e. The monoisotopic (exact) mass is 960 g/mol. The fourth-order valence-electron chi connectivity index (χ4n) is 14.2. The van der Waals surface area contributed by atoms with Crippen LogP contribution in [0.3, 0.4) is 0 Å². The lowest BCUT2D eigenvalue weighted by Gasteiger charge is -2.67. The summed E-state index contributed by atoms with van der Waals surface area (Å²) in [5.74, 6) is -0.0693. The van der Waals surface area contributed by atoms with Gasteiger partial charge in [0.15, 0.2) is 0 Å². The molecule has 0 radical (unpaired) electrons. The van der Waals surface area contributed by atoms with Crippen molar-refractivity contribution < 1.29 is 16.4 Å². The first-order chi connectivity index (χ1) is 39.6. The Kier molecular flexibility index (Phi) is 9.84. The number of aromatic nitrogens is 3. The van der Waals surface area contributed by atoms with Gasteiger partial charge in [-0.25, -0.2) is 0 Å². The van der Waals surface area contributed by atoms with Crippen molar-refractivity contribution >= 4 is 0 Å². The molecule has 4 aromatic carbocycles. The lowest BCUT2D eigenvalue weighted by Crippen LogP contribution is -2.57. The molecule has 5 fully saturated rings. The third kappa shape index (κ3) is 10.4. The number of benzene rings is 4. The molecule has 7 atom stereocenters.